The highest BCUT2D eigenvalue weighted by atomic mass is 19.1. The molecule has 1 aromatic carbocycles. The van der Waals surface area contributed by atoms with Crippen LogP contribution in [0.3, 0.4) is 0 Å². The average Bonchev–Trinajstić information content (AvgIpc) is 2.63. The molecule has 1 aromatic heterocycles. The molecule has 0 amide bonds. The van der Waals surface area contributed by atoms with E-state index in [2.05, 4.69) is 47.7 Å². The van der Waals surface area contributed by atoms with Crippen LogP contribution in [0.4, 0.5) is 10.1 Å². The molecule has 0 N–H and O–H groups in total. The lowest BCUT2D eigenvalue weighted by Gasteiger charge is -2.36. The predicted molar refractivity (Wildman–Crippen MR) is 106 cm³/mol. The van der Waals surface area contributed by atoms with Gasteiger partial charge in [-0.25, -0.2) is 4.39 Å². The summed E-state index contributed by atoms with van der Waals surface area (Å²) in [5.41, 5.74) is 4.17. The first-order valence-corrected chi connectivity index (χ1v) is 9.58. The second-order valence-electron chi connectivity index (χ2n) is 7.71. The number of nitriles is 1. The first-order valence-electron chi connectivity index (χ1n) is 9.58. The van der Waals surface area contributed by atoms with Crippen molar-refractivity contribution in [3.8, 4) is 6.07 Å². The van der Waals surface area contributed by atoms with Crippen molar-refractivity contribution < 1.29 is 4.39 Å². The van der Waals surface area contributed by atoms with Gasteiger partial charge in [-0.05, 0) is 48.6 Å². The van der Waals surface area contributed by atoms with E-state index in [1.807, 2.05) is 18.3 Å². The van der Waals surface area contributed by atoms with Gasteiger partial charge in [-0.1, -0.05) is 19.9 Å². The zero-order valence-corrected chi connectivity index (χ0v) is 16.4. The summed E-state index contributed by atoms with van der Waals surface area (Å²) in [7, 11) is 0. The average molecular weight is 366 g/mol. The molecule has 27 heavy (non-hydrogen) atoms. The van der Waals surface area contributed by atoms with Crippen molar-refractivity contribution in [2.24, 2.45) is 5.92 Å². The van der Waals surface area contributed by atoms with Crippen molar-refractivity contribution in [1.82, 2.24) is 9.88 Å². The monoisotopic (exact) mass is 366 g/mol. The van der Waals surface area contributed by atoms with Crippen molar-refractivity contribution in [3.05, 3.63) is 58.7 Å². The molecule has 2 heterocycles. The smallest absolute Gasteiger partial charge is 0.143 e. The summed E-state index contributed by atoms with van der Waals surface area (Å²) < 4.78 is 14.5. The predicted octanol–water partition coefficient (Wildman–Crippen LogP) is 3.92. The van der Waals surface area contributed by atoms with Gasteiger partial charge in [0.1, 0.15) is 17.4 Å². The van der Waals surface area contributed by atoms with Gasteiger partial charge in [-0.15, -0.1) is 0 Å². The van der Waals surface area contributed by atoms with Gasteiger partial charge in [0.2, 0.25) is 0 Å². The van der Waals surface area contributed by atoms with Crippen molar-refractivity contribution in [1.29, 1.82) is 5.26 Å². The number of hydrogen-bond acceptors (Lipinski definition) is 4. The number of rotatable bonds is 5. The molecule has 0 atom stereocenters. The molecule has 5 heteroatoms. The van der Waals surface area contributed by atoms with Crippen LogP contribution in [0.2, 0.25) is 0 Å². The van der Waals surface area contributed by atoms with E-state index in [1.54, 1.807) is 0 Å². The lowest BCUT2D eigenvalue weighted by Crippen LogP contribution is -2.46. The number of halogens is 1. The van der Waals surface area contributed by atoms with E-state index in [0.717, 1.165) is 56.1 Å². The van der Waals surface area contributed by atoms with Gasteiger partial charge in [0.05, 0.1) is 11.4 Å². The third kappa shape index (κ3) is 4.64. The molecule has 4 nitrogen and oxygen atoms in total. The Labute approximate surface area is 161 Å². The molecule has 1 aliphatic heterocycles. The Bertz CT molecular complexity index is 833. The fourth-order valence-corrected chi connectivity index (χ4v) is 3.64. The number of anilines is 1. The molecule has 2 aromatic rings. The van der Waals surface area contributed by atoms with Crippen molar-refractivity contribution >= 4 is 5.69 Å². The van der Waals surface area contributed by atoms with Crippen LogP contribution in [0.5, 0.6) is 0 Å². The summed E-state index contributed by atoms with van der Waals surface area (Å²) in [6.07, 6.45) is 2.65. The highest BCUT2D eigenvalue weighted by Crippen LogP contribution is 2.27. The fraction of sp³-hybridized carbons (Fsp3) is 0.455. The fourth-order valence-electron chi connectivity index (χ4n) is 3.64. The number of hydrogen-bond donors (Lipinski definition) is 0. The second kappa shape index (κ2) is 8.49. The van der Waals surface area contributed by atoms with E-state index in [-0.39, 0.29) is 5.56 Å². The second-order valence-corrected chi connectivity index (χ2v) is 7.71. The van der Waals surface area contributed by atoms with Crippen LogP contribution in [0.15, 0.2) is 30.5 Å². The molecule has 3 rings (SSSR count). The summed E-state index contributed by atoms with van der Waals surface area (Å²) in [5.74, 6) is 0.0424. The maximum Gasteiger partial charge on any atom is 0.143 e. The molecule has 1 fully saturated rings. The largest absolute Gasteiger partial charge is 0.368 e. The summed E-state index contributed by atoms with van der Waals surface area (Å²) in [4.78, 5) is 8.99. The van der Waals surface area contributed by atoms with E-state index in [9.17, 15) is 9.65 Å². The van der Waals surface area contributed by atoms with Crippen LogP contribution < -0.4 is 4.90 Å². The Kier molecular flexibility index (Phi) is 6.08. The zero-order valence-electron chi connectivity index (χ0n) is 16.4. The minimum absolute atomic E-state index is 0.163. The highest BCUT2D eigenvalue weighted by molar-refractivity contribution is 5.62. The van der Waals surface area contributed by atoms with Crippen LogP contribution in [0.1, 0.15) is 36.2 Å². The highest BCUT2D eigenvalue weighted by Gasteiger charge is 2.22. The van der Waals surface area contributed by atoms with Crippen molar-refractivity contribution in [3.63, 3.8) is 0 Å². The van der Waals surface area contributed by atoms with Crippen LogP contribution in [0.25, 0.3) is 0 Å². The molecule has 0 saturated carbocycles. The molecule has 1 saturated heterocycles. The van der Waals surface area contributed by atoms with Gasteiger partial charge >= 0.3 is 0 Å². The van der Waals surface area contributed by atoms with Crippen LogP contribution in [0, 0.1) is 30.0 Å². The SMILES string of the molecule is Cc1cccnc1CN1CCN(c2cc(CC(C)C)cc(F)c2C#N)CC1. The van der Waals surface area contributed by atoms with Crippen LogP contribution in [-0.4, -0.2) is 36.1 Å². The van der Waals surface area contributed by atoms with Gasteiger partial charge in [-0.2, -0.15) is 5.26 Å². The topological polar surface area (TPSA) is 43.2 Å². The molecule has 0 bridgehead atoms. The summed E-state index contributed by atoms with van der Waals surface area (Å²) in [6, 6.07) is 9.62. The summed E-state index contributed by atoms with van der Waals surface area (Å²) in [5, 5.41) is 9.44. The standard InChI is InChI=1S/C22H27FN4/c1-16(2)11-18-12-20(23)19(14-24)22(13-18)27-9-7-26(8-10-27)15-21-17(3)5-4-6-25-21/h4-6,12-13,16H,7-11,15H2,1-3H3. The minimum Gasteiger partial charge on any atom is -0.368 e. The van der Waals surface area contributed by atoms with E-state index in [0.29, 0.717) is 5.92 Å². The van der Waals surface area contributed by atoms with E-state index < -0.39 is 5.82 Å². The molecule has 1 aliphatic rings. The van der Waals surface area contributed by atoms with E-state index in [1.165, 1.54) is 11.6 Å². The molecular formula is C22H27FN4. The normalized spacial score (nSPS) is 15.2. The molecule has 0 spiro atoms. The molecule has 0 unspecified atom stereocenters. The Hall–Kier alpha value is -2.45. The van der Waals surface area contributed by atoms with E-state index in [4.69, 9.17) is 0 Å². The quantitative estimate of drug-likeness (QED) is 0.804. The number of aromatic nitrogens is 1. The number of nitrogens with zero attached hydrogens (tertiary/aromatic N) is 4. The van der Waals surface area contributed by atoms with Crippen LogP contribution >= 0.6 is 0 Å². The van der Waals surface area contributed by atoms with Gasteiger partial charge < -0.3 is 4.90 Å². The first kappa shape index (κ1) is 19.3. The summed E-state index contributed by atoms with van der Waals surface area (Å²) >= 11 is 0. The van der Waals surface area contributed by atoms with Gasteiger partial charge in [-0.3, -0.25) is 9.88 Å². The van der Waals surface area contributed by atoms with Crippen molar-refractivity contribution in [2.45, 2.75) is 33.7 Å². The Morgan fingerprint density at radius 1 is 1.22 bits per heavy atom. The van der Waals surface area contributed by atoms with Gasteiger partial charge in [0, 0.05) is 38.9 Å². The number of piperazine rings is 1. The third-order valence-corrected chi connectivity index (χ3v) is 5.09. The first-order chi connectivity index (χ1) is 13.0. The number of pyridine rings is 1. The Balaban J connectivity index is 1.73. The molecule has 0 aliphatic carbocycles. The lowest BCUT2D eigenvalue weighted by atomic mass is 9.99. The zero-order chi connectivity index (χ0) is 19.4. The van der Waals surface area contributed by atoms with E-state index >= 15 is 0 Å². The maximum absolute atomic E-state index is 14.5. The Morgan fingerprint density at radius 3 is 2.59 bits per heavy atom. The minimum atomic E-state index is -0.405. The third-order valence-electron chi connectivity index (χ3n) is 5.09. The number of aryl methyl sites for hydroxylation is 1. The number of benzene rings is 1. The van der Waals surface area contributed by atoms with Gasteiger partial charge in [0.15, 0.2) is 0 Å². The molecule has 0 radical (unpaired) electrons. The lowest BCUT2D eigenvalue weighted by molar-refractivity contribution is 0.246. The van der Waals surface area contributed by atoms with Crippen LogP contribution in [-0.2, 0) is 13.0 Å². The summed E-state index contributed by atoms with van der Waals surface area (Å²) in [6.45, 7) is 10.5. The molecule has 142 valence electrons. The maximum atomic E-state index is 14.5. The Morgan fingerprint density at radius 2 is 1.96 bits per heavy atom. The van der Waals surface area contributed by atoms with Crippen molar-refractivity contribution in [2.75, 3.05) is 31.1 Å². The molecular weight excluding hydrogens is 339 g/mol. The van der Waals surface area contributed by atoms with Gasteiger partial charge in [0.25, 0.3) is 0 Å².